The lowest BCUT2D eigenvalue weighted by Gasteiger charge is -2.17. The number of rotatable bonds is 6. The van der Waals surface area contributed by atoms with E-state index in [4.69, 9.17) is 0 Å². The second-order valence-electron chi connectivity index (χ2n) is 5.18. The van der Waals surface area contributed by atoms with Gasteiger partial charge < -0.3 is 5.11 Å². The summed E-state index contributed by atoms with van der Waals surface area (Å²) >= 11 is 0. The first-order chi connectivity index (χ1) is 8.06. The third-order valence-corrected chi connectivity index (χ3v) is 3.40. The molecule has 0 bridgehead atoms. The Balaban J connectivity index is 2.65. The molecule has 1 heteroatoms. The Labute approximate surface area is 106 Å². The van der Waals surface area contributed by atoms with Gasteiger partial charge in [-0.25, -0.2) is 0 Å². The number of hydrogen-bond acceptors (Lipinski definition) is 1. The van der Waals surface area contributed by atoms with Crippen LogP contribution in [0.3, 0.4) is 0 Å². The summed E-state index contributed by atoms with van der Waals surface area (Å²) in [5.41, 5.74) is 4.88. The Hall–Kier alpha value is -0.820. The molecule has 96 valence electrons. The van der Waals surface area contributed by atoms with E-state index in [1.165, 1.54) is 36.0 Å². The lowest BCUT2D eigenvalue weighted by molar-refractivity contribution is 0.162. The lowest BCUT2D eigenvalue weighted by Crippen LogP contribution is -2.03. The normalized spacial score (nSPS) is 12.8. The largest absolute Gasteiger partial charge is 0.388 e. The summed E-state index contributed by atoms with van der Waals surface area (Å²) in [6.07, 6.45) is 5.49. The van der Waals surface area contributed by atoms with Crippen molar-refractivity contribution in [3.8, 4) is 0 Å². The maximum absolute atomic E-state index is 10.3. The van der Waals surface area contributed by atoms with Crippen LogP contribution in [0.25, 0.3) is 0 Å². The fourth-order valence-corrected chi connectivity index (χ4v) is 2.63. The van der Waals surface area contributed by atoms with Crippen molar-refractivity contribution in [2.75, 3.05) is 0 Å². The summed E-state index contributed by atoms with van der Waals surface area (Å²) < 4.78 is 0. The molecule has 0 saturated carbocycles. The molecule has 0 saturated heterocycles. The van der Waals surface area contributed by atoms with Crippen molar-refractivity contribution in [1.82, 2.24) is 0 Å². The summed E-state index contributed by atoms with van der Waals surface area (Å²) in [5.74, 6) is 0. The minimum atomic E-state index is -0.285. The van der Waals surface area contributed by atoms with Gasteiger partial charge in [-0.05, 0) is 43.9 Å². The van der Waals surface area contributed by atoms with Gasteiger partial charge in [0.25, 0.3) is 0 Å². The lowest BCUT2D eigenvalue weighted by atomic mass is 9.93. The van der Waals surface area contributed by atoms with E-state index in [1.54, 1.807) is 0 Å². The van der Waals surface area contributed by atoms with Crippen LogP contribution in [0.4, 0.5) is 0 Å². The van der Waals surface area contributed by atoms with Crippen LogP contribution in [0.5, 0.6) is 0 Å². The van der Waals surface area contributed by atoms with E-state index in [2.05, 4.69) is 39.8 Å². The highest BCUT2D eigenvalue weighted by atomic mass is 16.3. The van der Waals surface area contributed by atoms with Crippen LogP contribution in [0, 0.1) is 20.8 Å². The molecule has 0 spiro atoms. The Morgan fingerprint density at radius 2 is 1.59 bits per heavy atom. The standard InChI is InChI=1S/C16H26O/c1-5-6-7-8-9-15(17)16-13(3)10-12(2)11-14(16)4/h10-11,15,17H,5-9H2,1-4H3. The zero-order valence-corrected chi connectivity index (χ0v) is 11.7. The van der Waals surface area contributed by atoms with Crippen LogP contribution in [0.15, 0.2) is 12.1 Å². The van der Waals surface area contributed by atoms with E-state index in [1.807, 2.05) is 0 Å². The monoisotopic (exact) mass is 234 g/mol. The van der Waals surface area contributed by atoms with Gasteiger partial charge in [-0.2, -0.15) is 0 Å². The van der Waals surface area contributed by atoms with Gasteiger partial charge in [0.05, 0.1) is 6.10 Å². The van der Waals surface area contributed by atoms with E-state index < -0.39 is 0 Å². The summed E-state index contributed by atoms with van der Waals surface area (Å²) in [5, 5.41) is 10.3. The number of aliphatic hydroxyl groups excluding tert-OH is 1. The van der Waals surface area contributed by atoms with Crippen molar-refractivity contribution in [2.24, 2.45) is 0 Å². The van der Waals surface area contributed by atoms with Gasteiger partial charge in [-0.3, -0.25) is 0 Å². The zero-order valence-electron chi connectivity index (χ0n) is 11.7. The van der Waals surface area contributed by atoms with Crippen molar-refractivity contribution >= 4 is 0 Å². The molecule has 0 aromatic heterocycles. The second kappa shape index (κ2) is 6.80. The number of aryl methyl sites for hydroxylation is 3. The molecule has 0 aliphatic heterocycles. The maximum atomic E-state index is 10.3. The van der Waals surface area contributed by atoms with Crippen molar-refractivity contribution in [1.29, 1.82) is 0 Å². The van der Waals surface area contributed by atoms with Gasteiger partial charge in [-0.15, -0.1) is 0 Å². The summed E-state index contributed by atoms with van der Waals surface area (Å²) in [6, 6.07) is 4.33. The predicted molar refractivity (Wildman–Crippen MR) is 74.4 cm³/mol. The molecule has 17 heavy (non-hydrogen) atoms. The third-order valence-electron chi connectivity index (χ3n) is 3.40. The fraction of sp³-hybridized carbons (Fsp3) is 0.625. The highest BCUT2D eigenvalue weighted by molar-refractivity contribution is 5.38. The Morgan fingerprint density at radius 3 is 2.12 bits per heavy atom. The first-order valence-corrected chi connectivity index (χ1v) is 6.82. The molecule has 1 aromatic carbocycles. The first-order valence-electron chi connectivity index (χ1n) is 6.82. The Morgan fingerprint density at radius 1 is 1.00 bits per heavy atom. The molecule has 0 radical (unpaired) electrons. The summed E-state index contributed by atoms with van der Waals surface area (Å²) in [7, 11) is 0. The highest BCUT2D eigenvalue weighted by Gasteiger charge is 2.13. The maximum Gasteiger partial charge on any atom is 0.0795 e. The Bertz CT molecular complexity index is 332. The van der Waals surface area contributed by atoms with Gasteiger partial charge >= 0.3 is 0 Å². The average molecular weight is 234 g/mol. The molecule has 1 nitrogen and oxygen atoms in total. The van der Waals surface area contributed by atoms with Crippen molar-refractivity contribution in [3.63, 3.8) is 0 Å². The van der Waals surface area contributed by atoms with Crippen LogP contribution in [-0.4, -0.2) is 5.11 Å². The fourth-order valence-electron chi connectivity index (χ4n) is 2.63. The molecule has 1 N–H and O–H groups in total. The molecular formula is C16H26O. The van der Waals surface area contributed by atoms with Gasteiger partial charge in [0, 0.05) is 0 Å². The molecule has 1 rings (SSSR count). The second-order valence-corrected chi connectivity index (χ2v) is 5.18. The summed E-state index contributed by atoms with van der Waals surface area (Å²) in [6.45, 7) is 8.53. The first kappa shape index (κ1) is 14.2. The van der Waals surface area contributed by atoms with Gasteiger partial charge in [-0.1, -0.05) is 50.3 Å². The molecule has 0 fully saturated rings. The number of unbranched alkanes of at least 4 members (excludes halogenated alkanes) is 3. The topological polar surface area (TPSA) is 20.2 Å². The van der Waals surface area contributed by atoms with Crippen LogP contribution in [0.2, 0.25) is 0 Å². The molecule has 0 aliphatic rings. The molecule has 1 aromatic rings. The number of benzene rings is 1. The minimum Gasteiger partial charge on any atom is -0.388 e. The minimum absolute atomic E-state index is 0.285. The highest BCUT2D eigenvalue weighted by Crippen LogP contribution is 2.27. The van der Waals surface area contributed by atoms with E-state index >= 15 is 0 Å². The number of hydrogen-bond donors (Lipinski definition) is 1. The van der Waals surface area contributed by atoms with Crippen molar-refractivity contribution < 1.29 is 5.11 Å². The molecule has 1 atom stereocenters. The van der Waals surface area contributed by atoms with Crippen molar-refractivity contribution in [3.05, 3.63) is 34.4 Å². The third kappa shape index (κ3) is 4.16. The van der Waals surface area contributed by atoms with E-state index in [0.29, 0.717) is 0 Å². The van der Waals surface area contributed by atoms with Gasteiger partial charge in [0.2, 0.25) is 0 Å². The van der Waals surface area contributed by atoms with E-state index in [-0.39, 0.29) is 6.10 Å². The summed E-state index contributed by atoms with van der Waals surface area (Å²) in [4.78, 5) is 0. The quantitative estimate of drug-likeness (QED) is 0.712. The molecule has 0 heterocycles. The number of aliphatic hydroxyl groups is 1. The smallest absolute Gasteiger partial charge is 0.0795 e. The zero-order chi connectivity index (χ0) is 12.8. The van der Waals surface area contributed by atoms with Crippen LogP contribution in [0.1, 0.15) is 67.4 Å². The SMILES string of the molecule is CCCCCCC(O)c1c(C)cc(C)cc1C. The van der Waals surface area contributed by atoms with Gasteiger partial charge in [0.1, 0.15) is 0 Å². The van der Waals surface area contributed by atoms with Gasteiger partial charge in [0.15, 0.2) is 0 Å². The molecular weight excluding hydrogens is 208 g/mol. The average Bonchev–Trinajstić information content (AvgIpc) is 2.23. The van der Waals surface area contributed by atoms with Crippen molar-refractivity contribution in [2.45, 2.75) is 65.9 Å². The van der Waals surface area contributed by atoms with Crippen LogP contribution < -0.4 is 0 Å². The Kier molecular flexibility index (Phi) is 5.70. The van der Waals surface area contributed by atoms with E-state index in [9.17, 15) is 5.11 Å². The molecule has 0 aliphatic carbocycles. The predicted octanol–water partition coefficient (Wildman–Crippen LogP) is 4.62. The molecule has 1 unspecified atom stereocenters. The van der Waals surface area contributed by atoms with Crippen LogP contribution >= 0.6 is 0 Å². The van der Waals surface area contributed by atoms with E-state index in [0.717, 1.165) is 18.4 Å². The molecule has 0 amide bonds. The van der Waals surface area contributed by atoms with Crippen LogP contribution in [-0.2, 0) is 0 Å².